The van der Waals surface area contributed by atoms with Crippen LogP contribution in [0.1, 0.15) is 26.2 Å². The van der Waals surface area contributed by atoms with Gasteiger partial charge in [-0.2, -0.15) is 0 Å². The second kappa shape index (κ2) is 19.8. The van der Waals surface area contributed by atoms with E-state index in [0.717, 1.165) is 19.3 Å². The van der Waals surface area contributed by atoms with Gasteiger partial charge in [0.05, 0.1) is 78.8 Å². The number of unbranched alkanes of at least 4 members (excludes halogenated alkanes) is 1. The SMILES string of the molecule is CCCCC(O)COCCOCCOCCOCCOCCO. The summed E-state index contributed by atoms with van der Waals surface area (Å²) in [6.45, 7) is 6.89. The van der Waals surface area contributed by atoms with E-state index in [-0.39, 0.29) is 12.7 Å². The Balaban J connectivity index is 3.02. The van der Waals surface area contributed by atoms with E-state index < -0.39 is 0 Å². The van der Waals surface area contributed by atoms with Gasteiger partial charge in [-0.15, -0.1) is 0 Å². The summed E-state index contributed by atoms with van der Waals surface area (Å²) in [5.74, 6) is 0. The lowest BCUT2D eigenvalue weighted by molar-refractivity contribution is -0.0229. The van der Waals surface area contributed by atoms with E-state index in [4.69, 9.17) is 28.8 Å². The van der Waals surface area contributed by atoms with Crippen LogP contribution >= 0.6 is 0 Å². The molecule has 0 aromatic rings. The first-order chi connectivity index (χ1) is 11.3. The summed E-state index contributed by atoms with van der Waals surface area (Å²) in [5.41, 5.74) is 0. The van der Waals surface area contributed by atoms with Gasteiger partial charge in [-0.3, -0.25) is 0 Å². The number of rotatable bonds is 19. The van der Waals surface area contributed by atoms with Crippen molar-refractivity contribution in [3.63, 3.8) is 0 Å². The Hall–Kier alpha value is -0.280. The molecule has 2 N–H and O–H groups in total. The van der Waals surface area contributed by atoms with Gasteiger partial charge in [0, 0.05) is 0 Å². The Bertz CT molecular complexity index is 217. The van der Waals surface area contributed by atoms with Gasteiger partial charge in [-0.1, -0.05) is 19.8 Å². The number of ether oxygens (including phenoxy) is 5. The van der Waals surface area contributed by atoms with Crippen molar-refractivity contribution >= 4 is 0 Å². The van der Waals surface area contributed by atoms with Gasteiger partial charge in [0.25, 0.3) is 0 Å². The topological polar surface area (TPSA) is 86.6 Å². The minimum absolute atomic E-state index is 0.0353. The van der Waals surface area contributed by atoms with Crippen molar-refractivity contribution in [2.45, 2.75) is 32.3 Å². The fraction of sp³-hybridized carbons (Fsp3) is 1.00. The highest BCUT2D eigenvalue weighted by atomic mass is 16.6. The zero-order chi connectivity index (χ0) is 17.0. The average Bonchev–Trinajstić information content (AvgIpc) is 2.56. The quantitative estimate of drug-likeness (QED) is 0.334. The van der Waals surface area contributed by atoms with Crippen molar-refractivity contribution in [3.8, 4) is 0 Å². The first-order valence-electron chi connectivity index (χ1n) is 8.48. The molecule has 0 saturated carbocycles. The molecule has 0 fully saturated rings. The largest absolute Gasteiger partial charge is 0.394 e. The third kappa shape index (κ3) is 19.7. The van der Waals surface area contributed by atoms with Crippen molar-refractivity contribution in [1.82, 2.24) is 0 Å². The van der Waals surface area contributed by atoms with Crippen LogP contribution in [0, 0.1) is 0 Å². The van der Waals surface area contributed by atoms with E-state index >= 15 is 0 Å². The van der Waals surface area contributed by atoms with Crippen LogP contribution in [0.25, 0.3) is 0 Å². The molecule has 1 unspecified atom stereocenters. The van der Waals surface area contributed by atoms with Crippen molar-refractivity contribution in [1.29, 1.82) is 0 Å². The molecule has 1 atom stereocenters. The lowest BCUT2D eigenvalue weighted by Gasteiger charge is -2.11. The second-order valence-electron chi connectivity index (χ2n) is 5.04. The highest BCUT2D eigenvalue weighted by Gasteiger charge is 2.02. The van der Waals surface area contributed by atoms with Gasteiger partial charge in [-0.05, 0) is 6.42 Å². The maximum Gasteiger partial charge on any atom is 0.0773 e. The summed E-state index contributed by atoms with van der Waals surface area (Å²) >= 11 is 0. The molecule has 0 aromatic heterocycles. The first kappa shape index (κ1) is 22.7. The van der Waals surface area contributed by atoms with Crippen LogP contribution in [0.5, 0.6) is 0 Å². The minimum Gasteiger partial charge on any atom is -0.394 e. The summed E-state index contributed by atoms with van der Waals surface area (Å²) in [5, 5.41) is 18.1. The van der Waals surface area contributed by atoms with Crippen molar-refractivity contribution in [2.24, 2.45) is 0 Å². The highest BCUT2D eigenvalue weighted by molar-refractivity contribution is 4.52. The molecular weight excluding hydrogens is 304 g/mol. The molecule has 0 heterocycles. The predicted octanol–water partition coefficient (Wildman–Crippen LogP) is 0.613. The fourth-order valence-electron chi connectivity index (χ4n) is 1.69. The van der Waals surface area contributed by atoms with Gasteiger partial charge < -0.3 is 33.9 Å². The molecule has 0 aliphatic rings. The molecule has 7 nitrogen and oxygen atoms in total. The van der Waals surface area contributed by atoms with Crippen molar-refractivity contribution < 1.29 is 33.9 Å². The molecule has 0 aromatic carbocycles. The van der Waals surface area contributed by atoms with Crippen molar-refractivity contribution in [3.05, 3.63) is 0 Å². The Morgan fingerprint density at radius 2 is 1.13 bits per heavy atom. The van der Waals surface area contributed by atoms with Gasteiger partial charge in [-0.25, -0.2) is 0 Å². The first-order valence-corrected chi connectivity index (χ1v) is 8.48. The molecule has 140 valence electrons. The van der Waals surface area contributed by atoms with Crippen LogP contribution in [0.4, 0.5) is 0 Å². The smallest absolute Gasteiger partial charge is 0.0773 e. The molecule has 7 heteroatoms. The number of hydrogen-bond donors (Lipinski definition) is 2. The molecular formula is C16H34O7. The minimum atomic E-state index is -0.368. The second-order valence-corrected chi connectivity index (χ2v) is 5.04. The van der Waals surface area contributed by atoms with Gasteiger partial charge in [0.2, 0.25) is 0 Å². The van der Waals surface area contributed by atoms with Crippen LogP contribution in [0.15, 0.2) is 0 Å². The van der Waals surface area contributed by atoms with Gasteiger partial charge in [0.1, 0.15) is 0 Å². The maximum atomic E-state index is 9.57. The lowest BCUT2D eigenvalue weighted by Crippen LogP contribution is -2.18. The Morgan fingerprint density at radius 3 is 1.57 bits per heavy atom. The number of hydrogen-bond acceptors (Lipinski definition) is 7. The van der Waals surface area contributed by atoms with Gasteiger partial charge >= 0.3 is 0 Å². The molecule has 0 radical (unpaired) electrons. The molecule has 0 aliphatic carbocycles. The van der Waals surface area contributed by atoms with Crippen LogP contribution < -0.4 is 0 Å². The summed E-state index contributed by atoms with van der Waals surface area (Å²) in [6.07, 6.45) is 2.54. The summed E-state index contributed by atoms with van der Waals surface area (Å²) in [6, 6.07) is 0. The normalized spacial score (nSPS) is 12.7. The maximum absolute atomic E-state index is 9.57. The standard InChI is InChI=1S/C16H34O7/c1-2-3-4-16(18)15-23-14-13-22-12-11-21-10-9-20-8-7-19-6-5-17/h16-18H,2-15H2,1H3. The van der Waals surface area contributed by atoms with Crippen molar-refractivity contribution in [2.75, 3.05) is 72.7 Å². The Kier molecular flexibility index (Phi) is 19.5. The zero-order valence-electron chi connectivity index (χ0n) is 14.4. The predicted molar refractivity (Wildman–Crippen MR) is 86.7 cm³/mol. The summed E-state index contributed by atoms with van der Waals surface area (Å²) in [4.78, 5) is 0. The summed E-state index contributed by atoms with van der Waals surface area (Å²) in [7, 11) is 0. The van der Waals surface area contributed by atoms with E-state index in [1.807, 2.05) is 0 Å². The van der Waals surface area contributed by atoms with E-state index in [9.17, 15) is 5.11 Å². The number of aliphatic hydroxyl groups excluding tert-OH is 2. The monoisotopic (exact) mass is 338 g/mol. The third-order valence-electron chi connectivity index (χ3n) is 2.92. The summed E-state index contributed by atoms with van der Waals surface area (Å²) < 4.78 is 26.3. The molecule has 0 bridgehead atoms. The highest BCUT2D eigenvalue weighted by Crippen LogP contribution is 2.00. The molecule has 0 saturated heterocycles. The van der Waals surface area contributed by atoms with E-state index in [1.54, 1.807) is 0 Å². The van der Waals surface area contributed by atoms with Crippen LogP contribution in [-0.4, -0.2) is 89.0 Å². The Labute approximate surface area is 139 Å². The van der Waals surface area contributed by atoms with E-state index in [0.29, 0.717) is 66.1 Å². The third-order valence-corrected chi connectivity index (χ3v) is 2.92. The zero-order valence-corrected chi connectivity index (χ0v) is 14.4. The fourth-order valence-corrected chi connectivity index (χ4v) is 1.69. The molecule has 0 rings (SSSR count). The molecule has 23 heavy (non-hydrogen) atoms. The van der Waals surface area contributed by atoms with Gasteiger partial charge in [0.15, 0.2) is 0 Å². The van der Waals surface area contributed by atoms with Crippen LogP contribution in [0.2, 0.25) is 0 Å². The van der Waals surface area contributed by atoms with E-state index in [2.05, 4.69) is 6.92 Å². The molecule has 0 spiro atoms. The van der Waals surface area contributed by atoms with Crippen LogP contribution in [-0.2, 0) is 23.7 Å². The Morgan fingerprint density at radius 1 is 0.696 bits per heavy atom. The average molecular weight is 338 g/mol. The molecule has 0 amide bonds. The lowest BCUT2D eigenvalue weighted by atomic mass is 10.2. The van der Waals surface area contributed by atoms with Crippen LogP contribution in [0.3, 0.4) is 0 Å². The molecule has 0 aliphatic heterocycles. The number of aliphatic hydroxyl groups is 2. The van der Waals surface area contributed by atoms with E-state index in [1.165, 1.54) is 0 Å².